The van der Waals surface area contributed by atoms with Gasteiger partial charge in [-0.1, -0.05) is 12.8 Å². The molecule has 2 aromatic heterocycles. The minimum atomic E-state index is 0.153. The molecular formula is C14H17N3O. The standard InChI is InChI=1S/C14H17N3O/c18-14(16-6-3-1-2-4-7-16)12-5-8-17-11-15-10-13(17)9-12/h5,8-11H,1-4,6-7H2. The SMILES string of the molecule is O=C(c1ccn2cncc2c1)N1CCCCCC1. The Morgan fingerprint density at radius 3 is 2.72 bits per heavy atom. The van der Waals surface area contributed by atoms with Crippen molar-refractivity contribution >= 4 is 11.4 Å². The van der Waals surface area contributed by atoms with Crippen LogP contribution >= 0.6 is 0 Å². The Bertz CT molecular complexity index is 553. The zero-order valence-electron chi connectivity index (χ0n) is 10.4. The molecule has 4 nitrogen and oxygen atoms in total. The third-order valence-corrected chi connectivity index (χ3v) is 3.55. The number of fused-ring (bicyclic) bond motifs is 1. The van der Waals surface area contributed by atoms with Gasteiger partial charge in [0.2, 0.25) is 0 Å². The van der Waals surface area contributed by atoms with Gasteiger partial charge in [0.25, 0.3) is 5.91 Å². The first-order valence-corrected chi connectivity index (χ1v) is 6.55. The van der Waals surface area contributed by atoms with Crippen molar-refractivity contribution in [2.75, 3.05) is 13.1 Å². The van der Waals surface area contributed by atoms with Gasteiger partial charge in [0, 0.05) is 24.8 Å². The van der Waals surface area contributed by atoms with Crippen LogP contribution in [0.2, 0.25) is 0 Å². The molecule has 4 heteroatoms. The van der Waals surface area contributed by atoms with Gasteiger partial charge in [-0.05, 0) is 25.0 Å². The van der Waals surface area contributed by atoms with Gasteiger partial charge in [0.1, 0.15) is 0 Å². The lowest BCUT2D eigenvalue weighted by molar-refractivity contribution is 0.0761. The molecule has 0 aromatic carbocycles. The zero-order chi connectivity index (χ0) is 12.4. The smallest absolute Gasteiger partial charge is 0.253 e. The molecule has 3 rings (SSSR count). The summed E-state index contributed by atoms with van der Waals surface area (Å²) in [5.41, 5.74) is 1.74. The normalized spacial score (nSPS) is 16.8. The van der Waals surface area contributed by atoms with Gasteiger partial charge in [-0.25, -0.2) is 4.98 Å². The van der Waals surface area contributed by atoms with Crippen LogP contribution < -0.4 is 0 Å². The highest BCUT2D eigenvalue weighted by molar-refractivity contribution is 5.95. The van der Waals surface area contributed by atoms with E-state index in [4.69, 9.17) is 0 Å². The van der Waals surface area contributed by atoms with Gasteiger partial charge in [-0.15, -0.1) is 0 Å². The Kier molecular flexibility index (Phi) is 3.00. The fraction of sp³-hybridized carbons (Fsp3) is 0.429. The van der Waals surface area contributed by atoms with Crippen molar-refractivity contribution < 1.29 is 4.79 Å². The first kappa shape index (κ1) is 11.3. The maximum Gasteiger partial charge on any atom is 0.253 e. The predicted molar refractivity (Wildman–Crippen MR) is 69.6 cm³/mol. The molecule has 0 N–H and O–H groups in total. The highest BCUT2D eigenvalue weighted by atomic mass is 16.2. The first-order chi connectivity index (χ1) is 8.84. The van der Waals surface area contributed by atoms with E-state index in [2.05, 4.69) is 4.98 Å². The second kappa shape index (κ2) is 4.80. The predicted octanol–water partition coefficient (Wildman–Crippen LogP) is 2.35. The van der Waals surface area contributed by atoms with E-state index in [1.54, 1.807) is 12.5 Å². The third kappa shape index (κ3) is 2.10. The molecule has 0 saturated carbocycles. The second-order valence-electron chi connectivity index (χ2n) is 4.85. The van der Waals surface area contributed by atoms with E-state index in [1.807, 2.05) is 27.6 Å². The molecule has 0 unspecified atom stereocenters. The maximum atomic E-state index is 12.4. The Balaban J connectivity index is 1.85. The monoisotopic (exact) mass is 243 g/mol. The lowest BCUT2D eigenvalue weighted by Gasteiger charge is -2.20. The molecule has 0 bridgehead atoms. The molecule has 94 valence electrons. The number of pyridine rings is 1. The maximum absolute atomic E-state index is 12.4. The summed E-state index contributed by atoms with van der Waals surface area (Å²) < 4.78 is 1.92. The molecular weight excluding hydrogens is 226 g/mol. The van der Waals surface area contributed by atoms with E-state index in [1.165, 1.54) is 12.8 Å². The molecule has 18 heavy (non-hydrogen) atoms. The number of hydrogen-bond acceptors (Lipinski definition) is 2. The van der Waals surface area contributed by atoms with Crippen molar-refractivity contribution in [1.29, 1.82) is 0 Å². The summed E-state index contributed by atoms with van der Waals surface area (Å²) in [6.45, 7) is 1.78. The Morgan fingerprint density at radius 1 is 1.17 bits per heavy atom. The first-order valence-electron chi connectivity index (χ1n) is 6.55. The van der Waals surface area contributed by atoms with E-state index in [9.17, 15) is 4.79 Å². The number of nitrogens with zero attached hydrogens (tertiary/aromatic N) is 3. The third-order valence-electron chi connectivity index (χ3n) is 3.55. The van der Waals surface area contributed by atoms with Crippen LogP contribution in [0.25, 0.3) is 5.52 Å². The van der Waals surface area contributed by atoms with Crippen LogP contribution in [0.4, 0.5) is 0 Å². The number of amides is 1. The summed E-state index contributed by atoms with van der Waals surface area (Å²) in [4.78, 5) is 18.5. The van der Waals surface area contributed by atoms with Crippen LogP contribution in [0, 0.1) is 0 Å². The van der Waals surface area contributed by atoms with Crippen LogP contribution in [-0.4, -0.2) is 33.3 Å². The fourth-order valence-electron chi connectivity index (χ4n) is 2.51. The lowest BCUT2D eigenvalue weighted by Crippen LogP contribution is -2.31. The highest BCUT2D eigenvalue weighted by Crippen LogP contribution is 2.14. The minimum absolute atomic E-state index is 0.153. The summed E-state index contributed by atoms with van der Waals surface area (Å²) >= 11 is 0. The molecule has 1 saturated heterocycles. The quantitative estimate of drug-likeness (QED) is 0.771. The Hall–Kier alpha value is -1.84. The lowest BCUT2D eigenvalue weighted by atomic mass is 10.2. The zero-order valence-corrected chi connectivity index (χ0v) is 10.4. The number of likely N-dealkylation sites (tertiary alicyclic amines) is 1. The summed E-state index contributed by atoms with van der Waals surface area (Å²) in [6.07, 6.45) is 10.2. The molecule has 2 aromatic rings. The van der Waals surface area contributed by atoms with Crippen molar-refractivity contribution in [3.63, 3.8) is 0 Å². The number of hydrogen-bond donors (Lipinski definition) is 0. The number of rotatable bonds is 1. The van der Waals surface area contributed by atoms with Gasteiger partial charge in [0.15, 0.2) is 0 Å². The van der Waals surface area contributed by atoms with Crippen molar-refractivity contribution in [2.45, 2.75) is 25.7 Å². The van der Waals surface area contributed by atoms with Crippen LogP contribution in [0.3, 0.4) is 0 Å². The van der Waals surface area contributed by atoms with Crippen molar-refractivity contribution in [3.8, 4) is 0 Å². The summed E-state index contributed by atoms with van der Waals surface area (Å²) in [5.74, 6) is 0.153. The number of carbonyl (C=O) groups excluding carboxylic acids is 1. The van der Waals surface area contributed by atoms with Crippen LogP contribution in [-0.2, 0) is 0 Å². The van der Waals surface area contributed by atoms with E-state index < -0.39 is 0 Å². The van der Waals surface area contributed by atoms with E-state index in [0.717, 1.165) is 37.0 Å². The van der Waals surface area contributed by atoms with E-state index in [-0.39, 0.29) is 5.91 Å². The average molecular weight is 243 g/mol. The van der Waals surface area contributed by atoms with Crippen molar-refractivity contribution in [3.05, 3.63) is 36.4 Å². The average Bonchev–Trinajstić information content (AvgIpc) is 2.69. The Labute approximate surface area is 106 Å². The summed E-state index contributed by atoms with van der Waals surface area (Å²) in [7, 11) is 0. The summed E-state index contributed by atoms with van der Waals surface area (Å²) in [6, 6.07) is 3.79. The molecule has 0 radical (unpaired) electrons. The molecule has 1 aliphatic heterocycles. The van der Waals surface area contributed by atoms with Gasteiger partial charge >= 0.3 is 0 Å². The van der Waals surface area contributed by atoms with Gasteiger partial charge in [-0.2, -0.15) is 0 Å². The fourth-order valence-corrected chi connectivity index (χ4v) is 2.51. The molecule has 0 spiro atoms. The van der Waals surface area contributed by atoms with Crippen molar-refractivity contribution in [1.82, 2.24) is 14.3 Å². The van der Waals surface area contributed by atoms with E-state index in [0.29, 0.717) is 0 Å². The highest BCUT2D eigenvalue weighted by Gasteiger charge is 2.17. The largest absolute Gasteiger partial charge is 0.339 e. The van der Waals surface area contributed by atoms with Gasteiger partial charge in [-0.3, -0.25) is 4.79 Å². The van der Waals surface area contributed by atoms with Crippen LogP contribution in [0.5, 0.6) is 0 Å². The molecule has 0 atom stereocenters. The Morgan fingerprint density at radius 2 is 1.94 bits per heavy atom. The van der Waals surface area contributed by atoms with Crippen LogP contribution in [0.1, 0.15) is 36.0 Å². The molecule has 1 amide bonds. The van der Waals surface area contributed by atoms with Crippen molar-refractivity contribution in [2.24, 2.45) is 0 Å². The van der Waals surface area contributed by atoms with Crippen LogP contribution in [0.15, 0.2) is 30.9 Å². The molecule has 3 heterocycles. The number of aromatic nitrogens is 2. The second-order valence-corrected chi connectivity index (χ2v) is 4.85. The number of carbonyl (C=O) groups is 1. The minimum Gasteiger partial charge on any atom is -0.339 e. The molecule has 1 fully saturated rings. The van der Waals surface area contributed by atoms with E-state index >= 15 is 0 Å². The molecule has 0 aliphatic carbocycles. The van der Waals surface area contributed by atoms with Gasteiger partial charge < -0.3 is 9.30 Å². The van der Waals surface area contributed by atoms with Gasteiger partial charge in [0.05, 0.1) is 18.0 Å². The number of imidazole rings is 1. The molecule has 1 aliphatic rings. The summed E-state index contributed by atoms with van der Waals surface area (Å²) in [5, 5.41) is 0. The topological polar surface area (TPSA) is 37.6 Å².